The SMILES string of the molecule is CC(C)(CO)C1C2CCCC1CN(Cc1ccc3c(c1)Nc1nccnc1S3)C2. The van der Waals surface area contributed by atoms with E-state index in [1.54, 1.807) is 24.2 Å². The molecule has 2 unspecified atom stereocenters. The first-order chi connectivity index (χ1) is 14.0. The van der Waals surface area contributed by atoms with Gasteiger partial charge >= 0.3 is 0 Å². The maximum Gasteiger partial charge on any atom is 0.163 e. The molecule has 1 aromatic heterocycles. The first-order valence-electron chi connectivity index (χ1n) is 10.8. The summed E-state index contributed by atoms with van der Waals surface area (Å²) >= 11 is 1.68. The van der Waals surface area contributed by atoms with Crippen LogP contribution in [0.25, 0.3) is 0 Å². The smallest absolute Gasteiger partial charge is 0.163 e. The number of anilines is 2. The Balaban J connectivity index is 1.31. The number of hydrogen-bond donors (Lipinski definition) is 2. The highest BCUT2D eigenvalue weighted by Crippen LogP contribution is 2.49. The fourth-order valence-electron chi connectivity index (χ4n) is 5.88. The second-order valence-corrected chi connectivity index (χ2v) is 10.6. The van der Waals surface area contributed by atoms with Crippen LogP contribution in [0, 0.1) is 23.2 Å². The normalized spacial score (nSPS) is 26.4. The Kier molecular flexibility index (Phi) is 5.04. The van der Waals surface area contributed by atoms with E-state index >= 15 is 0 Å². The standard InChI is InChI=1S/C23H30N4OS/c1-23(2,14-28)20-16-4-3-5-17(20)13-27(12-16)11-15-6-7-19-18(10-15)26-21-22(29-19)25-9-8-24-21/h6-10,16-17,20,28H,3-5,11-14H2,1-2H3,(H,24,26). The molecule has 2 aromatic rings. The quantitative estimate of drug-likeness (QED) is 0.658. The van der Waals surface area contributed by atoms with Gasteiger partial charge in [-0.25, -0.2) is 9.97 Å². The van der Waals surface area contributed by atoms with Gasteiger partial charge in [-0.3, -0.25) is 4.90 Å². The minimum Gasteiger partial charge on any atom is -0.396 e. The Morgan fingerprint density at radius 2 is 1.93 bits per heavy atom. The second kappa shape index (κ2) is 7.56. The third-order valence-electron chi connectivity index (χ3n) is 7.04. The van der Waals surface area contributed by atoms with Crippen molar-refractivity contribution in [2.45, 2.75) is 49.6 Å². The first kappa shape index (κ1) is 19.3. The van der Waals surface area contributed by atoms with Gasteiger partial charge in [-0.15, -0.1) is 0 Å². The third-order valence-corrected chi connectivity index (χ3v) is 8.10. The van der Waals surface area contributed by atoms with E-state index < -0.39 is 0 Å². The summed E-state index contributed by atoms with van der Waals surface area (Å²) in [6.07, 6.45) is 7.43. The number of benzene rings is 1. The number of aliphatic hydroxyl groups excluding tert-OH is 1. The van der Waals surface area contributed by atoms with E-state index in [2.05, 4.69) is 52.2 Å². The number of nitrogens with one attached hydrogen (secondary N) is 1. The molecule has 1 saturated heterocycles. The van der Waals surface area contributed by atoms with Crippen LogP contribution < -0.4 is 5.32 Å². The zero-order valence-corrected chi connectivity index (χ0v) is 18.1. The van der Waals surface area contributed by atoms with E-state index in [1.807, 2.05) is 0 Å². The molecule has 1 aliphatic carbocycles. The van der Waals surface area contributed by atoms with Crippen LogP contribution >= 0.6 is 11.8 Å². The van der Waals surface area contributed by atoms with Crippen LogP contribution in [-0.4, -0.2) is 39.7 Å². The van der Waals surface area contributed by atoms with Crippen LogP contribution in [0.4, 0.5) is 11.5 Å². The molecule has 29 heavy (non-hydrogen) atoms. The number of fused-ring (bicyclic) bond motifs is 4. The van der Waals surface area contributed by atoms with Crippen molar-refractivity contribution >= 4 is 23.3 Å². The summed E-state index contributed by atoms with van der Waals surface area (Å²) in [5.41, 5.74) is 2.52. The lowest BCUT2D eigenvalue weighted by Gasteiger charge is -2.53. The van der Waals surface area contributed by atoms with Crippen molar-refractivity contribution in [1.82, 2.24) is 14.9 Å². The molecular formula is C23H30N4OS. The molecule has 5 nitrogen and oxygen atoms in total. The van der Waals surface area contributed by atoms with E-state index in [0.29, 0.717) is 24.4 Å². The van der Waals surface area contributed by atoms with Crippen LogP contribution in [0.15, 0.2) is 40.5 Å². The van der Waals surface area contributed by atoms with Crippen LogP contribution in [-0.2, 0) is 6.54 Å². The molecule has 6 heteroatoms. The van der Waals surface area contributed by atoms with E-state index in [0.717, 1.165) is 36.2 Å². The summed E-state index contributed by atoms with van der Waals surface area (Å²) in [5, 5.41) is 14.3. The Labute approximate surface area is 177 Å². The van der Waals surface area contributed by atoms with Crippen molar-refractivity contribution < 1.29 is 5.11 Å². The van der Waals surface area contributed by atoms with E-state index in [1.165, 1.54) is 29.7 Å². The minimum atomic E-state index is 0.0310. The van der Waals surface area contributed by atoms with Crippen molar-refractivity contribution in [3.05, 3.63) is 36.2 Å². The van der Waals surface area contributed by atoms with Crippen LogP contribution in [0.3, 0.4) is 0 Å². The fourth-order valence-corrected chi connectivity index (χ4v) is 6.76. The van der Waals surface area contributed by atoms with Crippen LogP contribution in [0.2, 0.25) is 0 Å². The number of aliphatic hydroxyl groups is 1. The van der Waals surface area contributed by atoms with Gasteiger partial charge in [0.15, 0.2) is 5.82 Å². The Morgan fingerprint density at radius 3 is 2.69 bits per heavy atom. The maximum absolute atomic E-state index is 9.95. The average molecular weight is 411 g/mol. The number of hydrogen-bond acceptors (Lipinski definition) is 6. The van der Waals surface area contributed by atoms with Crippen LogP contribution in [0.1, 0.15) is 38.7 Å². The molecule has 2 fully saturated rings. The van der Waals surface area contributed by atoms with Gasteiger partial charge in [-0.1, -0.05) is 38.1 Å². The number of rotatable bonds is 4. The summed E-state index contributed by atoms with van der Waals surface area (Å²) < 4.78 is 0. The molecule has 2 bridgehead atoms. The van der Waals surface area contributed by atoms with Gasteiger partial charge in [0.1, 0.15) is 5.03 Å². The van der Waals surface area contributed by atoms with Gasteiger partial charge in [0.2, 0.25) is 0 Å². The van der Waals surface area contributed by atoms with Crippen molar-refractivity contribution in [1.29, 1.82) is 0 Å². The molecule has 2 atom stereocenters. The first-order valence-corrected chi connectivity index (χ1v) is 11.6. The fraction of sp³-hybridized carbons (Fsp3) is 0.565. The van der Waals surface area contributed by atoms with Crippen molar-refractivity contribution in [2.75, 3.05) is 25.0 Å². The zero-order valence-electron chi connectivity index (χ0n) is 17.3. The van der Waals surface area contributed by atoms with E-state index in [4.69, 9.17) is 0 Å². The van der Waals surface area contributed by atoms with Crippen molar-refractivity contribution in [3.63, 3.8) is 0 Å². The monoisotopic (exact) mass is 410 g/mol. The molecular weight excluding hydrogens is 380 g/mol. The molecule has 2 aliphatic heterocycles. The molecule has 3 aliphatic rings. The Bertz CT molecular complexity index is 888. The Morgan fingerprint density at radius 1 is 1.17 bits per heavy atom. The van der Waals surface area contributed by atoms with E-state index in [-0.39, 0.29) is 5.41 Å². The predicted molar refractivity (Wildman–Crippen MR) is 116 cm³/mol. The van der Waals surface area contributed by atoms with Gasteiger partial charge in [-0.05, 0) is 53.7 Å². The molecule has 154 valence electrons. The highest BCUT2D eigenvalue weighted by Gasteiger charge is 2.46. The largest absolute Gasteiger partial charge is 0.396 e. The van der Waals surface area contributed by atoms with Gasteiger partial charge in [0.25, 0.3) is 0 Å². The molecule has 1 saturated carbocycles. The van der Waals surface area contributed by atoms with Gasteiger partial charge in [0.05, 0.1) is 5.69 Å². The van der Waals surface area contributed by atoms with Crippen molar-refractivity contribution in [3.8, 4) is 0 Å². The summed E-state index contributed by atoms with van der Waals surface area (Å²) in [6.45, 7) is 8.10. The van der Waals surface area contributed by atoms with Gasteiger partial charge in [-0.2, -0.15) is 0 Å². The lowest BCUT2D eigenvalue weighted by atomic mass is 9.59. The topological polar surface area (TPSA) is 61.3 Å². The molecule has 5 rings (SSSR count). The predicted octanol–water partition coefficient (Wildman–Crippen LogP) is 4.55. The number of piperidine rings is 1. The summed E-state index contributed by atoms with van der Waals surface area (Å²) in [6, 6.07) is 6.75. The molecule has 3 heterocycles. The molecule has 1 aromatic carbocycles. The average Bonchev–Trinajstić information content (AvgIpc) is 2.71. The maximum atomic E-state index is 9.95. The van der Waals surface area contributed by atoms with Crippen LogP contribution in [0.5, 0.6) is 0 Å². The van der Waals surface area contributed by atoms with Gasteiger partial charge < -0.3 is 10.4 Å². The minimum absolute atomic E-state index is 0.0310. The molecule has 0 spiro atoms. The number of nitrogens with zero attached hydrogens (tertiary/aromatic N) is 3. The number of aromatic nitrogens is 2. The molecule has 0 amide bonds. The lowest BCUT2D eigenvalue weighted by Crippen LogP contribution is -2.53. The molecule has 2 N–H and O–H groups in total. The van der Waals surface area contributed by atoms with E-state index in [9.17, 15) is 5.11 Å². The lowest BCUT2D eigenvalue weighted by molar-refractivity contribution is -0.0622. The van der Waals surface area contributed by atoms with Gasteiger partial charge in [0, 0.05) is 43.5 Å². The summed E-state index contributed by atoms with van der Waals surface area (Å²) in [5.74, 6) is 2.91. The highest BCUT2D eigenvalue weighted by molar-refractivity contribution is 7.99. The van der Waals surface area contributed by atoms with Crippen molar-refractivity contribution in [2.24, 2.45) is 23.2 Å². The summed E-state index contributed by atoms with van der Waals surface area (Å²) in [4.78, 5) is 12.7. The summed E-state index contributed by atoms with van der Waals surface area (Å²) in [7, 11) is 0. The highest BCUT2D eigenvalue weighted by atomic mass is 32.2. The Hall–Kier alpha value is -1.63. The number of likely N-dealkylation sites (tertiary alicyclic amines) is 1. The third kappa shape index (κ3) is 3.66. The second-order valence-electron chi connectivity index (χ2n) is 9.59. The molecule has 0 radical (unpaired) electrons. The zero-order chi connectivity index (χ0) is 20.0.